The molecule has 2 N–H and O–H groups in total. The average Bonchev–Trinajstić information content (AvgIpc) is 2.83. The molecule has 1 amide bonds. The summed E-state index contributed by atoms with van der Waals surface area (Å²) in [4.78, 5) is 12.0. The summed E-state index contributed by atoms with van der Waals surface area (Å²) in [5, 5.41) is 3.86. The highest BCUT2D eigenvalue weighted by molar-refractivity contribution is 7.89. The summed E-state index contributed by atoms with van der Waals surface area (Å²) in [7, 11) is -1.09. The van der Waals surface area contributed by atoms with Crippen molar-refractivity contribution in [1.29, 1.82) is 0 Å². The number of hydrogen-bond donors (Lipinski definition) is 2. The Morgan fingerprint density at radius 1 is 0.909 bits per heavy atom. The number of amides is 1. The molecule has 172 valence electrons. The highest BCUT2D eigenvalue weighted by Gasteiger charge is 2.18. The van der Waals surface area contributed by atoms with Gasteiger partial charge in [0.15, 0.2) is 11.5 Å². The van der Waals surface area contributed by atoms with Crippen molar-refractivity contribution in [3.05, 3.63) is 78.4 Å². The summed E-state index contributed by atoms with van der Waals surface area (Å²) in [6.45, 7) is -0.495. The van der Waals surface area contributed by atoms with Crippen LogP contribution in [0.15, 0.2) is 82.8 Å². The van der Waals surface area contributed by atoms with Gasteiger partial charge in [0, 0.05) is 6.07 Å². The van der Waals surface area contributed by atoms with Crippen LogP contribution >= 0.6 is 0 Å². The summed E-state index contributed by atoms with van der Waals surface area (Å²) in [6.07, 6.45) is 1.43. The van der Waals surface area contributed by atoms with Crippen LogP contribution in [0.4, 0.5) is 0 Å². The second kappa shape index (κ2) is 11.1. The monoisotopic (exact) mass is 469 g/mol. The topological polar surface area (TPSA) is 115 Å². The van der Waals surface area contributed by atoms with E-state index in [4.69, 9.17) is 14.2 Å². The quantitative estimate of drug-likeness (QED) is 0.349. The molecule has 0 aliphatic heterocycles. The maximum absolute atomic E-state index is 12.4. The minimum atomic E-state index is -3.94. The van der Waals surface area contributed by atoms with E-state index >= 15 is 0 Å². The van der Waals surface area contributed by atoms with Gasteiger partial charge in [-0.1, -0.05) is 30.3 Å². The SMILES string of the molecule is COc1ccc(S(=O)(=O)NCC(=O)N/N=C\c2cccc(Oc3ccccc3)c2)cc1OC. The van der Waals surface area contributed by atoms with Crippen molar-refractivity contribution in [1.82, 2.24) is 10.1 Å². The van der Waals surface area contributed by atoms with Gasteiger partial charge < -0.3 is 14.2 Å². The second-order valence-electron chi connectivity index (χ2n) is 6.62. The smallest absolute Gasteiger partial charge is 0.255 e. The molecular weight excluding hydrogens is 446 g/mol. The number of rotatable bonds is 10. The Balaban J connectivity index is 1.54. The number of methoxy groups -OCH3 is 2. The number of ether oxygens (including phenoxy) is 3. The first-order valence-corrected chi connectivity index (χ1v) is 11.3. The summed E-state index contributed by atoms with van der Waals surface area (Å²) in [6, 6.07) is 20.6. The normalized spacial score (nSPS) is 11.2. The van der Waals surface area contributed by atoms with Gasteiger partial charge in [-0.15, -0.1) is 0 Å². The zero-order valence-electron chi connectivity index (χ0n) is 18.0. The Labute approximate surface area is 192 Å². The molecule has 0 radical (unpaired) electrons. The van der Waals surface area contributed by atoms with E-state index in [1.54, 1.807) is 24.3 Å². The van der Waals surface area contributed by atoms with Crippen molar-refractivity contribution < 1.29 is 27.4 Å². The number of benzene rings is 3. The van der Waals surface area contributed by atoms with E-state index in [9.17, 15) is 13.2 Å². The van der Waals surface area contributed by atoms with Crippen molar-refractivity contribution in [2.45, 2.75) is 4.90 Å². The average molecular weight is 470 g/mol. The molecule has 0 fully saturated rings. The molecule has 3 rings (SSSR count). The number of para-hydroxylation sites is 1. The van der Waals surface area contributed by atoms with Crippen LogP contribution in [0.5, 0.6) is 23.0 Å². The van der Waals surface area contributed by atoms with E-state index in [2.05, 4.69) is 15.2 Å². The predicted octanol–water partition coefficient (Wildman–Crippen LogP) is 2.92. The van der Waals surface area contributed by atoms with Gasteiger partial charge in [-0.2, -0.15) is 5.10 Å². The lowest BCUT2D eigenvalue weighted by molar-refractivity contribution is -0.119. The van der Waals surface area contributed by atoms with E-state index in [1.165, 1.54) is 38.6 Å². The van der Waals surface area contributed by atoms with Crippen molar-refractivity contribution in [2.24, 2.45) is 5.10 Å². The van der Waals surface area contributed by atoms with E-state index in [0.717, 1.165) is 0 Å². The van der Waals surface area contributed by atoms with Gasteiger partial charge >= 0.3 is 0 Å². The van der Waals surface area contributed by atoms with Gasteiger partial charge in [-0.05, 0) is 42.0 Å². The lowest BCUT2D eigenvalue weighted by Crippen LogP contribution is -2.34. The Hall–Kier alpha value is -3.89. The first-order chi connectivity index (χ1) is 15.9. The zero-order chi connectivity index (χ0) is 23.7. The zero-order valence-corrected chi connectivity index (χ0v) is 18.8. The van der Waals surface area contributed by atoms with Crippen LogP contribution in [0.1, 0.15) is 5.56 Å². The molecule has 10 heteroatoms. The molecule has 3 aromatic rings. The Morgan fingerprint density at radius 2 is 1.64 bits per heavy atom. The highest BCUT2D eigenvalue weighted by Crippen LogP contribution is 2.29. The number of sulfonamides is 1. The lowest BCUT2D eigenvalue weighted by Gasteiger charge is -2.10. The van der Waals surface area contributed by atoms with Crippen LogP contribution in [-0.2, 0) is 14.8 Å². The molecule has 33 heavy (non-hydrogen) atoms. The van der Waals surface area contributed by atoms with Crippen molar-refractivity contribution in [3.8, 4) is 23.0 Å². The van der Waals surface area contributed by atoms with E-state index in [0.29, 0.717) is 22.8 Å². The summed E-state index contributed by atoms with van der Waals surface area (Å²) < 4.78 is 43.1. The van der Waals surface area contributed by atoms with Crippen LogP contribution in [0.25, 0.3) is 0 Å². The molecule has 0 aromatic heterocycles. The maximum Gasteiger partial charge on any atom is 0.255 e. The van der Waals surface area contributed by atoms with E-state index in [-0.39, 0.29) is 10.6 Å². The Bertz CT molecular complexity index is 1230. The van der Waals surface area contributed by atoms with Gasteiger partial charge in [0.1, 0.15) is 11.5 Å². The molecule has 3 aromatic carbocycles. The molecular formula is C23H23N3O6S. The van der Waals surface area contributed by atoms with Crippen molar-refractivity contribution in [2.75, 3.05) is 20.8 Å². The molecule has 0 bridgehead atoms. The Kier molecular flexibility index (Phi) is 8.01. The molecule has 0 spiro atoms. The van der Waals surface area contributed by atoms with Crippen LogP contribution in [0.2, 0.25) is 0 Å². The van der Waals surface area contributed by atoms with Crippen LogP contribution in [0.3, 0.4) is 0 Å². The molecule has 0 saturated carbocycles. The number of hydrazone groups is 1. The molecule has 9 nitrogen and oxygen atoms in total. The van der Waals surface area contributed by atoms with Crippen molar-refractivity contribution in [3.63, 3.8) is 0 Å². The fourth-order valence-corrected chi connectivity index (χ4v) is 3.73. The number of hydrogen-bond acceptors (Lipinski definition) is 7. The third-order valence-electron chi connectivity index (χ3n) is 4.33. The van der Waals surface area contributed by atoms with Crippen LogP contribution in [-0.4, -0.2) is 41.3 Å². The minimum Gasteiger partial charge on any atom is -0.493 e. The molecule has 0 aliphatic rings. The second-order valence-corrected chi connectivity index (χ2v) is 8.39. The Morgan fingerprint density at radius 3 is 2.36 bits per heavy atom. The standard InChI is InChI=1S/C23H23N3O6S/c1-30-21-12-11-20(14-22(21)31-2)33(28,29)25-16-23(27)26-24-15-17-7-6-10-19(13-17)32-18-8-4-3-5-9-18/h3-15,25H,16H2,1-2H3,(H,26,27)/b24-15-. The summed E-state index contributed by atoms with van der Waals surface area (Å²) in [5.74, 6) is 1.32. The van der Waals surface area contributed by atoms with Crippen molar-refractivity contribution >= 4 is 22.1 Å². The van der Waals surface area contributed by atoms with E-state index < -0.39 is 22.5 Å². The first kappa shape index (κ1) is 23.8. The molecule has 0 saturated heterocycles. The highest BCUT2D eigenvalue weighted by atomic mass is 32.2. The summed E-state index contributed by atoms with van der Waals surface area (Å²) >= 11 is 0. The van der Waals surface area contributed by atoms with Gasteiger partial charge in [-0.25, -0.2) is 18.6 Å². The van der Waals surface area contributed by atoms with Gasteiger partial charge in [-0.3, -0.25) is 4.79 Å². The largest absolute Gasteiger partial charge is 0.493 e. The third-order valence-corrected chi connectivity index (χ3v) is 5.73. The van der Waals surface area contributed by atoms with Gasteiger partial charge in [0.2, 0.25) is 10.0 Å². The lowest BCUT2D eigenvalue weighted by atomic mass is 10.2. The van der Waals surface area contributed by atoms with Crippen LogP contribution < -0.4 is 24.4 Å². The number of carbonyl (C=O) groups is 1. The molecule has 0 unspecified atom stereocenters. The molecule has 0 heterocycles. The minimum absolute atomic E-state index is 0.0633. The number of nitrogens with zero attached hydrogens (tertiary/aromatic N) is 1. The molecule has 0 aliphatic carbocycles. The third kappa shape index (κ3) is 6.79. The maximum atomic E-state index is 12.4. The van der Waals surface area contributed by atoms with Crippen LogP contribution in [0, 0.1) is 0 Å². The predicted molar refractivity (Wildman–Crippen MR) is 123 cm³/mol. The van der Waals surface area contributed by atoms with Gasteiger partial charge in [0.05, 0.1) is 31.9 Å². The fourth-order valence-electron chi connectivity index (χ4n) is 2.73. The van der Waals surface area contributed by atoms with Gasteiger partial charge in [0.25, 0.3) is 5.91 Å². The first-order valence-electron chi connectivity index (χ1n) is 9.78. The molecule has 0 atom stereocenters. The van der Waals surface area contributed by atoms with E-state index in [1.807, 2.05) is 30.3 Å². The number of carbonyl (C=O) groups excluding carboxylic acids is 1. The number of nitrogens with one attached hydrogen (secondary N) is 2. The summed E-state index contributed by atoms with van der Waals surface area (Å²) in [5.41, 5.74) is 2.97. The fraction of sp³-hybridized carbons (Fsp3) is 0.130.